The van der Waals surface area contributed by atoms with Gasteiger partial charge < -0.3 is 0 Å². The van der Waals surface area contributed by atoms with Gasteiger partial charge in [-0.2, -0.15) is 13.5 Å². The zero-order chi connectivity index (χ0) is 15.7. The molecule has 1 saturated carbocycles. The smallest absolute Gasteiger partial charge is 0.276 e. The van der Waals surface area contributed by atoms with Crippen molar-refractivity contribution in [2.45, 2.75) is 44.9 Å². The van der Waals surface area contributed by atoms with Crippen molar-refractivity contribution in [3.63, 3.8) is 0 Å². The summed E-state index contributed by atoms with van der Waals surface area (Å²) in [5, 5.41) is 3.93. The summed E-state index contributed by atoms with van der Waals surface area (Å²) in [5.41, 5.74) is 1.24. The van der Waals surface area contributed by atoms with E-state index < -0.39 is 10.0 Å². The van der Waals surface area contributed by atoms with Crippen LogP contribution in [-0.4, -0.2) is 19.9 Å². The van der Waals surface area contributed by atoms with E-state index in [0.29, 0.717) is 18.6 Å². The van der Waals surface area contributed by atoms with E-state index in [4.69, 9.17) is 0 Å². The minimum absolute atomic E-state index is 0.0991. The predicted molar refractivity (Wildman–Crippen MR) is 81.6 cm³/mol. The fourth-order valence-electron chi connectivity index (χ4n) is 2.10. The van der Waals surface area contributed by atoms with Crippen molar-refractivity contribution in [1.29, 1.82) is 0 Å². The molecule has 0 atom stereocenters. The van der Waals surface area contributed by atoms with Gasteiger partial charge in [-0.1, -0.05) is 31.5 Å². The lowest BCUT2D eigenvalue weighted by atomic mass is 9.76. The van der Waals surface area contributed by atoms with Crippen LogP contribution in [0.1, 0.15) is 38.7 Å². The lowest BCUT2D eigenvalue weighted by Crippen LogP contribution is -2.33. The summed E-state index contributed by atoms with van der Waals surface area (Å²) in [6, 6.07) is 6.53. The summed E-state index contributed by atoms with van der Waals surface area (Å²) in [6.07, 6.45) is 1.54. The fourth-order valence-corrected chi connectivity index (χ4v) is 2.95. The number of nitrogens with zero attached hydrogens (tertiary/aromatic N) is 1. The van der Waals surface area contributed by atoms with Crippen molar-refractivity contribution < 1.29 is 13.2 Å². The molecule has 0 unspecified atom stereocenters. The molecule has 1 aromatic carbocycles. The van der Waals surface area contributed by atoms with Crippen molar-refractivity contribution in [2.75, 3.05) is 0 Å². The van der Waals surface area contributed by atoms with Gasteiger partial charge in [0.2, 0.25) is 0 Å². The molecule has 0 radical (unpaired) electrons. The van der Waals surface area contributed by atoms with E-state index >= 15 is 0 Å². The number of hydrogen-bond donors (Lipinski definition) is 1. The van der Waals surface area contributed by atoms with Gasteiger partial charge in [0.15, 0.2) is 0 Å². The number of hydrogen-bond acceptors (Lipinski definition) is 4. The third-order valence-electron chi connectivity index (χ3n) is 3.81. The monoisotopic (exact) mass is 308 g/mol. The average Bonchev–Trinajstić information content (AvgIpc) is 2.41. The summed E-state index contributed by atoms with van der Waals surface area (Å²) in [5.74, 6) is 0.0991. The minimum Gasteiger partial charge on any atom is -0.299 e. The molecule has 1 aromatic rings. The maximum absolute atomic E-state index is 12.1. The van der Waals surface area contributed by atoms with E-state index in [2.05, 4.69) is 9.93 Å². The van der Waals surface area contributed by atoms with Crippen LogP contribution in [-0.2, 0) is 14.8 Å². The number of carbonyl (C=O) groups excluding carboxylic acids is 1. The Balaban J connectivity index is 2.10. The normalized spacial score (nSPS) is 20.5. The highest BCUT2D eigenvalue weighted by Crippen LogP contribution is 2.30. The molecule has 0 spiro atoms. The van der Waals surface area contributed by atoms with Crippen LogP contribution in [0.15, 0.2) is 34.3 Å². The largest absolute Gasteiger partial charge is 0.299 e. The first-order valence-electron chi connectivity index (χ1n) is 6.88. The highest BCUT2D eigenvalue weighted by atomic mass is 32.2. The lowest BCUT2D eigenvalue weighted by Gasteiger charge is -2.28. The summed E-state index contributed by atoms with van der Waals surface area (Å²) >= 11 is 0. The van der Waals surface area contributed by atoms with Crippen LogP contribution in [0.4, 0.5) is 0 Å². The molecule has 1 fully saturated rings. The van der Waals surface area contributed by atoms with Crippen molar-refractivity contribution in [1.82, 2.24) is 4.83 Å². The molecule has 0 aromatic heterocycles. The third kappa shape index (κ3) is 3.69. The maximum atomic E-state index is 12.1. The number of aryl methyl sites for hydroxylation is 1. The fraction of sp³-hybridized carbons (Fsp3) is 0.467. The zero-order valence-electron chi connectivity index (χ0n) is 12.5. The number of nitrogens with one attached hydrogen (secondary N) is 1. The van der Waals surface area contributed by atoms with Gasteiger partial charge in [-0.3, -0.25) is 4.79 Å². The molecule has 0 saturated heterocycles. The maximum Gasteiger partial charge on any atom is 0.276 e. The third-order valence-corrected chi connectivity index (χ3v) is 5.04. The Kier molecular flexibility index (Phi) is 4.18. The molecule has 0 amide bonds. The van der Waals surface area contributed by atoms with Gasteiger partial charge in [0, 0.05) is 17.5 Å². The van der Waals surface area contributed by atoms with Crippen LogP contribution in [0.5, 0.6) is 0 Å². The summed E-state index contributed by atoms with van der Waals surface area (Å²) in [4.78, 5) is 14.3. The number of benzene rings is 1. The number of Topliss-reactive ketones (excluding diaryl/α,β-unsaturated/α-hetero) is 1. The quantitative estimate of drug-likeness (QED) is 0.871. The molecule has 21 heavy (non-hydrogen) atoms. The average molecular weight is 308 g/mol. The van der Waals surface area contributed by atoms with Gasteiger partial charge in [-0.05, 0) is 31.9 Å². The Morgan fingerprint density at radius 1 is 1.19 bits per heavy atom. The summed E-state index contributed by atoms with van der Waals surface area (Å²) in [6.45, 7) is 5.70. The number of sulfonamides is 1. The predicted octanol–water partition coefficient (Wildman–Crippen LogP) is 2.41. The Hall–Kier alpha value is -1.69. The van der Waals surface area contributed by atoms with Gasteiger partial charge in [-0.25, -0.2) is 4.83 Å². The standard InChI is InChI=1S/C15H20N2O3S/c1-11-4-6-13(7-5-11)21(19,20)17-16-12-8-9-15(2,3)14(18)10-12/h4-7,17H,8-10H2,1-3H3. The molecule has 6 heteroatoms. The summed E-state index contributed by atoms with van der Waals surface area (Å²) < 4.78 is 24.2. The van der Waals surface area contributed by atoms with E-state index in [-0.39, 0.29) is 22.5 Å². The molecule has 5 nitrogen and oxygen atoms in total. The number of ketones is 1. The Morgan fingerprint density at radius 3 is 2.38 bits per heavy atom. The van der Waals surface area contributed by atoms with Crippen LogP contribution in [0, 0.1) is 12.3 Å². The molecule has 2 rings (SSSR count). The molecule has 0 heterocycles. The van der Waals surface area contributed by atoms with E-state index in [1.54, 1.807) is 12.1 Å². The van der Waals surface area contributed by atoms with E-state index in [1.807, 2.05) is 20.8 Å². The second-order valence-electron chi connectivity index (χ2n) is 6.07. The lowest BCUT2D eigenvalue weighted by molar-refractivity contribution is -0.126. The highest BCUT2D eigenvalue weighted by Gasteiger charge is 2.33. The topological polar surface area (TPSA) is 75.6 Å². The first kappa shape index (κ1) is 15.7. The zero-order valence-corrected chi connectivity index (χ0v) is 13.3. The van der Waals surface area contributed by atoms with Crippen molar-refractivity contribution >= 4 is 21.5 Å². The summed E-state index contributed by atoms with van der Waals surface area (Å²) in [7, 11) is -3.67. The second kappa shape index (κ2) is 5.60. The molecule has 1 aliphatic carbocycles. The van der Waals surface area contributed by atoms with Gasteiger partial charge in [0.25, 0.3) is 10.0 Å². The Bertz CT molecular complexity index is 673. The Morgan fingerprint density at radius 2 is 1.81 bits per heavy atom. The second-order valence-corrected chi connectivity index (χ2v) is 7.73. The van der Waals surface area contributed by atoms with Crippen LogP contribution in [0.25, 0.3) is 0 Å². The van der Waals surface area contributed by atoms with Crippen LogP contribution in [0.2, 0.25) is 0 Å². The van der Waals surface area contributed by atoms with E-state index in [1.165, 1.54) is 12.1 Å². The number of rotatable bonds is 3. The van der Waals surface area contributed by atoms with Gasteiger partial charge >= 0.3 is 0 Å². The Labute approximate surface area is 125 Å². The van der Waals surface area contributed by atoms with Crippen LogP contribution >= 0.6 is 0 Å². The highest BCUT2D eigenvalue weighted by molar-refractivity contribution is 7.89. The molecular formula is C15H20N2O3S. The molecule has 0 bridgehead atoms. The van der Waals surface area contributed by atoms with Crippen molar-refractivity contribution in [3.05, 3.63) is 29.8 Å². The SMILES string of the molecule is Cc1ccc(S(=O)(=O)NN=C2CCC(C)(C)C(=O)C2)cc1. The first-order chi connectivity index (χ1) is 9.71. The van der Waals surface area contributed by atoms with Gasteiger partial charge in [0.05, 0.1) is 4.90 Å². The molecule has 1 aliphatic rings. The van der Waals surface area contributed by atoms with Crippen LogP contribution < -0.4 is 4.83 Å². The van der Waals surface area contributed by atoms with Crippen LogP contribution in [0.3, 0.4) is 0 Å². The van der Waals surface area contributed by atoms with Gasteiger partial charge in [-0.15, -0.1) is 0 Å². The van der Waals surface area contributed by atoms with E-state index in [0.717, 1.165) is 5.56 Å². The molecule has 1 N–H and O–H groups in total. The number of hydrazone groups is 1. The van der Waals surface area contributed by atoms with Crippen molar-refractivity contribution in [2.24, 2.45) is 10.5 Å². The molecule has 114 valence electrons. The number of carbonyl (C=O) groups is 1. The first-order valence-corrected chi connectivity index (χ1v) is 8.36. The van der Waals surface area contributed by atoms with Crippen molar-refractivity contribution in [3.8, 4) is 0 Å². The minimum atomic E-state index is -3.67. The van der Waals surface area contributed by atoms with Gasteiger partial charge in [0.1, 0.15) is 5.78 Å². The molecular weight excluding hydrogens is 288 g/mol. The molecule has 0 aliphatic heterocycles. The van der Waals surface area contributed by atoms with E-state index in [9.17, 15) is 13.2 Å².